The lowest BCUT2D eigenvalue weighted by Gasteiger charge is -2.19. The van der Waals surface area contributed by atoms with E-state index in [0.717, 1.165) is 6.08 Å². The molecule has 0 radical (unpaired) electrons. The fraction of sp³-hybridized carbons (Fsp3) is 0.714. The summed E-state index contributed by atoms with van der Waals surface area (Å²) >= 11 is 0. The van der Waals surface area contributed by atoms with Crippen LogP contribution >= 0.6 is 0 Å². The van der Waals surface area contributed by atoms with Crippen LogP contribution in [-0.2, 0) is 28.5 Å². The van der Waals surface area contributed by atoms with E-state index in [1.807, 2.05) is 20.8 Å². The van der Waals surface area contributed by atoms with Gasteiger partial charge >= 0.3 is 11.9 Å². The number of rotatable bonds is 10. The molecule has 0 spiro atoms. The molecule has 116 valence electrons. The molecule has 0 bridgehead atoms. The van der Waals surface area contributed by atoms with Crippen molar-refractivity contribution in [1.29, 1.82) is 0 Å². The van der Waals surface area contributed by atoms with Crippen LogP contribution in [0.4, 0.5) is 0 Å². The third-order valence-corrected chi connectivity index (χ3v) is 1.88. The maximum absolute atomic E-state index is 11.3. The zero-order chi connectivity index (χ0) is 15.4. The second-order valence-electron chi connectivity index (χ2n) is 4.93. The van der Waals surface area contributed by atoms with Crippen LogP contribution in [-0.4, -0.2) is 50.6 Å². The minimum Gasteiger partial charge on any atom is -0.460 e. The largest absolute Gasteiger partial charge is 0.460 e. The summed E-state index contributed by atoms with van der Waals surface area (Å²) in [6.45, 7) is 10.3. The molecule has 0 heterocycles. The molecule has 20 heavy (non-hydrogen) atoms. The Morgan fingerprint density at radius 2 is 1.55 bits per heavy atom. The Labute approximate surface area is 120 Å². The van der Waals surface area contributed by atoms with Gasteiger partial charge in [0.2, 0.25) is 0 Å². The monoisotopic (exact) mass is 288 g/mol. The van der Waals surface area contributed by atoms with Crippen molar-refractivity contribution in [3.63, 3.8) is 0 Å². The lowest BCUT2D eigenvalue weighted by molar-refractivity contribution is -0.156. The Hall–Kier alpha value is -1.40. The highest BCUT2D eigenvalue weighted by Gasteiger charge is 2.15. The average molecular weight is 288 g/mol. The predicted octanol–water partition coefficient (Wildman–Crippen LogP) is 1.48. The number of esters is 2. The van der Waals surface area contributed by atoms with Crippen LogP contribution in [0.3, 0.4) is 0 Å². The highest BCUT2D eigenvalue weighted by atomic mass is 16.6. The minimum absolute atomic E-state index is 0.183. The molecule has 0 amide bonds. The number of carbonyl (C=O) groups excluding carboxylic acids is 2. The zero-order valence-electron chi connectivity index (χ0n) is 12.5. The van der Waals surface area contributed by atoms with Gasteiger partial charge in [-0.25, -0.2) is 4.79 Å². The molecule has 0 rings (SSSR count). The Bertz CT molecular complexity index is 305. The van der Waals surface area contributed by atoms with Crippen molar-refractivity contribution in [2.45, 2.75) is 32.8 Å². The molecule has 0 aromatic rings. The minimum atomic E-state index is -0.470. The Kier molecular flexibility index (Phi) is 9.67. The first-order chi connectivity index (χ1) is 9.35. The summed E-state index contributed by atoms with van der Waals surface area (Å²) in [6.07, 6.45) is 1.31. The Balaban J connectivity index is 3.31. The van der Waals surface area contributed by atoms with Crippen molar-refractivity contribution >= 4 is 11.9 Å². The summed E-state index contributed by atoms with van der Waals surface area (Å²) in [5.74, 6) is -0.753. The van der Waals surface area contributed by atoms with Gasteiger partial charge in [-0.1, -0.05) is 6.58 Å². The molecule has 0 saturated carbocycles. The van der Waals surface area contributed by atoms with Crippen LogP contribution in [0.1, 0.15) is 27.2 Å². The number of carbonyl (C=O) groups is 2. The summed E-state index contributed by atoms with van der Waals surface area (Å²) in [6, 6.07) is 0. The molecule has 0 aliphatic carbocycles. The molecular weight excluding hydrogens is 264 g/mol. The van der Waals surface area contributed by atoms with Gasteiger partial charge in [0.15, 0.2) is 0 Å². The van der Waals surface area contributed by atoms with E-state index in [9.17, 15) is 9.59 Å². The van der Waals surface area contributed by atoms with E-state index in [0.29, 0.717) is 26.4 Å². The van der Waals surface area contributed by atoms with Crippen LogP contribution in [0.5, 0.6) is 0 Å². The van der Waals surface area contributed by atoms with Crippen molar-refractivity contribution in [2.75, 3.05) is 33.0 Å². The highest BCUT2D eigenvalue weighted by Crippen LogP contribution is 2.07. The van der Waals surface area contributed by atoms with Crippen molar-refractivity contribution in [1.82, 2.24) is 0 Å². The predicted molar refractivity (Wildman–Crippen MR) is 73.3 cm³/mol. The van der Waals surface area contributed by atoms with E-state index in [-0.39, 0.29) is 19.0 Å². The number of ether oxygens (including phenoxy) is 4. The fourth-order valence-electron chi connectivity index (χ4n) is 1.13. The summed E-state index contributed by atoms with van der Waals surface area (Å²) in [5.41, 5.74) is -0.469. The standard InChI is InChI=1S/C14H24O6/c1-5-12(15)19-11-10-18-9-8-17-7-6-13(16)20-14(2,3)4/h5H,1,6-11H2,2-4H3. The fourth-order valence-corrected chi connectivity index (χ4v) is 1.13. The van der Waals surface area contributed by atoms with Crippen LogP contribution in [0.15, 0.2) is 12.7 Å². The van der Waals surface area contributed by atoms with Crippen molar-refractivity contribution in [3.8, 4) is 0 Å². The topological polar surface area (TPSA) is 71.1 Å². The molecule has 0 fully saturated rings. The van der Waals surface area contributed by atoms with Crippen molar-refractivity contribution in [2.24, 2.45) is 0 Å². The van der Waals surface area contributed by atoms with Gasteiger partial charge in [0.25, 0.3) is 0 Å². The number of hydrogen-bond donors (Lipinski definition) is 0. The second kappa shape index (κ2) is 10.4. The van der Waals surface area contributed by atoms with Gasteiger partial charge in [-0.05, 0) is 20.8 Å². The van der Waals surface area contributed by atoms with Gasteiger partial charge in [0.1, 0.15) is 12.2 Å². The normalized spacial score (nSPS) is 10.9. The molecule has 0 unspecified atom stereocenters. The molecule has 0 aliphatic heterocycles. The van der Waals surface area contributed by atoms with Crippen LogP contribution in [0, 0.1) is 0 Å². The van der Waals surface area contributed by atoms with Crippen molar-refractivity contribution in [3.05, 3.63) is 12.7 Å². The Morgan fingerprint density at radius 3 is 2.10 bits per heavy atom. The summed E-state index contributed by atoms with van der Waals surface area (Å²) in [7, 11) is 0. The molecule has 0 aromatic carbocycles. The van der Waals surface area contributed by atoms with Gasteiger partial charge in [-0.15, -0.1) is 0 Å². The lowest BCUT2D eigenvalue weighted by Crippen LogP contribution is -2.24. The van der Waals surface area contributed by atoms with E-state index < -0.39 is 11.6 Å². The van der Waals surface area contributed by atoms with Gasteiger partial charge in [0.05, 0.1) is 32.8 Å². The molecule has 6 heteroatoms. The number of hydrogen-bond acceptors (Lipinski definition) is 6. The lowest BCUT2D eigenvalue weighted by atomic mass is 10.2. The van der Waals surface area contributed by atoms with E-state index >= 15 is 0 Å². The first-order valence-electron chi connectivity index (χ1n) is 6.51. The van der Waals surface area contributed by atoms with Gasteiger partial charge in [-0.2, -0.15) is 0 Å². The SMILES string of the molecule is C=CC(=O)OCCOCCOCCC(=O)OC(C)(C)C. The summed E-state index contributed by atoms with van der Waals surface area (Å²) in [4.78, 5) is 22.0. The molecule has 0 aliphatic rings. The van der Waals surface area contributed by atoms with Crippen LogP contribution in [0.25, 0.3) is 0 Å². The molecule has 0 aromatic heterocycles. The Morgan fingerprint density at radius 1 is 1.00 bits per heavy atom. The van der Waals surface area contributed by atoms with E-state index in [1.165, 1.54) is 0 Å². The van der Waals surface area contributed by atoms with E-state index in [2.05, 4.69) is 6.58 Å². The smallest absolute Gasteiger partial charge is 0.330 e. The third-order valence-electron chi connectivity index (χ3n) is 1.88. The summed E-state index contributed by atoms with van der Waals surface area (Å²) < 4.78 is 20.2. The molecule has 6 nitrogen and oxygen atoms in total. The molecular formula is C14H24O6. The third kappa shape index (κ3) is 13.0. The van der Waals surface area contributed by atoms with E-state index in [4.69, 9.17) is 18.9 Å². The van der Waals surface area contributed by atoms with Crippen LogP contribution in [0.2, 0.25) is 0 Å². The first-order valence-corrected chi connectivity index (χ1v) is 6.51. The van der Waals surface area contributed by atoms with Gasteiger partial charge in [-0.3, -0.25) is 4.79 Å². The zero-order valence-corrected chi connectivity index (χ0v) is 12.5. The van der Waals surface area contributed by atoms with Gasteiger partial charge < -0.3 is 18.9 Å². The van der Waals surface area contributed by atoms with E-state index in [1.54, 1.807) is 0 Å². The van der Waals surface area contributed by atoms with Crippen molar-refractivity contribution < 1.29 is 28.5 Å². The van der Waals surface area contributed by atoms with Crippen LogP contribution < -0.4 is 0 Å². The molecule has 0 N–H and O–H groups in total. The van der Waals surface area contributed by atoms with Gasteiger partial charge in [0, 0.05) is 6.08 Å². The average Bonchev–Trinajstić information content (AvgIpc) is 2.34. The molecule has 0 saturated heterocycles. The first kappa shape index (κ1) is 18.6. The maximum Gasteiger partial charge on any atom is 0.330 e. The maximum atomic E-state index is 11.3. The summed E-state index contributed by atoms with van der Waals surface area (Å²) in [5, 5.41) is 0. The quantitative estimate of drug-likeness (QED) is 0.344. The second-order valence-corrected chi connectivity index (χ2v) is 4.93. The molecule has 0 atom stereocenters. The highest BCUT2D eigenvalue weighted by molar-refractivity contribution is 5.81.